The van der Waals surface area contributed by atoms with E-state index in [4.69, 9.17) is 4.74 Å². The molecule has 3 aliphatic rings. The van der Waals surface area contributed by atoms with Gasteiger partial charge in [-0.05, 0) is 50.8 Å². The summed E-state index contributed by atoms with van der Waals surface area (Å²) in [6.45, 7) is 9.50. The lowest BCUT2D eigenvalue weighted by atomic mass is 9.81. The van der Waals surface area contributed by atoms with Gasteiger partial charge in [0.1, 0.15) is 11.4 Å². The van der Waals surface area contributed by atoms with E-state index in [-0.39, 0.29) is 17.7 Å². The number of hydrogen-bond donors (Lipinski definition) is 0. The van der Waals surface area contributed by atoms with Gasteiger partial charge in [0.2, 0.25) is 5.91 Å². The number of rotatable bonds is 2. The van der Waals surface area contributed by atoms with Gasteiger partial charge in [-0.3, -0.25) is 14.5 Å². The van der Waals surface area contributed by atoms with E-state index >= 15 is 0 Å². The number of ketones is 1. The molecule has 0 unspecified atom stereocenters. The van der Waals surface area contributed by atoms with Crippen molar-refractivity contribution in [1.29, 1.82) is 0 Å². The smallest absolute Gasteiger partial charge is 0.239 e. The highest BCUT2D eigenvalue weighted by Crippen LogP contribution is 2.42. The van der Waals surface area contributed by atoms with Gasteiger partial charge >= 0.3 is 0 Å². The quantitative estimate of drug-likeness (QED) is 0.803. The molecule has 1 amide bonds. The minimum Gasteiger partial charge on any atom is -0.486 e. The summed E-state index contributed by atoms with van der Waals surface area (Å²) in [4.78, 5) is 29.7. The van der Waals surface area contributed by atoms with Crippen LogP contribution in [0.4, 0.5) is 0 Å². The monoisotopic (exact) mass is 370 g/mol. The summed E-state index contributed by atoms with van der Waals surface area (Å²) in [6, 6.07) is 3.82. The van der Waals surface area contributed by atoms with Crippen molar-refractivity contribution in [3.05, 3.63) is 28.8 Å². The first-order valence-corrected chi connectivity index (χ1v) is 10.3. The molecule has 2 saturated heterocycles. The zero-order chi connectivity index (χ0) is 19.2. The van der Waals surface area contributed by atoms with Gasteiger partial charge in [-0.1, -0.05) is 6.07 Å². The van der Waals surface area contributed by atoms with Gasteiger partial charge in [-0.2, -0.15) is 0 Å². The van der Waals surface area contributed by atoms with E-state index in [1.165, 1.54) is 0 Å². The average molecular weight is 370 g/mol. The molecule has 0 radical (unpaired) electrons. The van der Waals surface area contributed by atoms with Crippen molar-refractivity contribution in [3.63, 3.8) is 0 Å². The predicted molar refractivity (Wildman–Crippen MR) is 104 cm³/mol. The van der Waals surface area contributed by atoms with Crippen molar-refractivity contribution < 1.29 is 14.3 Å². The first-order valence-electron chi connectivity index (χ1n) is 10.3. The number of carbonyl (C=O) groups excluding carboxylic acids is 2. The van der Waals surface area contributed by atoms with Crippen LogP contribution in [0.2, 0.25) is 0 Å². The van der Waals surface area contributed by atoms with Crippen molar-refractivity contribution in [3.8, 4) is 5.75 Å². The number of carbonyl (C=O) groups is 2. The first-order chi connectivity index (χ1) is 12.9. The van der Waals surface area contributed by atoms with Crippen molar-refractivity contribution in [2.75, 3.05) is 26.2 Å². The number of Topliss-reactive ketones (excluding diaryl/α,β-unsaturated/α-hetero) is 1. The van der Waals surface area contributed by atoms with Crippen molar-refractivity contribution >= 4 is 11.7 Å². The molecule has 5 heteroatoms. The Bertz CT molecular complexity index is 759. The highest BCUT2D eigenvalue weighted by atomic mass is 16.5. The summed E-state index contributed by atoms with van der Waals surface area (Å²) in [5.41, 5.74) is 2.54. The third-order valence-corrected chi connectivity index (χ3v) is 6.81. The highest BCUT2D eigenvalue weighted by molar-refractivity contribution is 6.01. The van der Waals surface area contributed by atoms with Crippen LogP contribution in [0, 0.1) is 13.8 Å². The van der Waals surface area contributed by atoms with Gasteiger partial charge in [0.25, 0.3) is 0 Å². The number of ether oxygens (including phenoxy) is 1. The topological polar surface area (TPSA) is 49.9 Å². The summed E-state index contributed by atoms with van der Waals surface area (Å²) in [5.74, 6) is 1.22. The lowest BCUT2D eigenvalue weighted by molar-refractivity contribution is -0.137. The molecule has 27 heavy (non-hydrogen) atoms. The van der Waals surface area contributed by atoms with E-state index in [0.717, 1.165) is 74.3 Å². The van der Waals surface area contributed by atoms with Gasteiger partial charge in [0.15, 0.2) is 5.78 Å². The van der Waals surface area contributed by atoms with Crippen LogP contribution in [0.25, 0.3) is 0 Å². The molecule has 0 aliphatic carbocycles. The van der Waals surface area contributed by atoms with Crippen LogP contribution < -0.4 is 4.74 Å². The van der Waals surface area contributed by atoms with Gasteiger partial charge < -0.3 is 9.64 Å². The molecule has 0 saturated carbocycles. The molecule has 1 aromatic carbocycles. The fraction of sp³-hybridized carbons (Fsp3) is 0.636. The number of piperidine rings is 1. The normalized spacial score (nSPS) is 23.2. The Hall–Kier alpha value is -1.88. The van der Waals surface area contributed by atoms with Gasteiger partial charge in [-0.15, -0.1) is 0 Å². The van der Waals surface area contributed by atoms with Crippen molar-refractivity contribution in [2.24, 2.45) is 0 Å². The summed E-state index contributed by atoms with van der Waals surface area (Å²) in [7, 11) is 0. The highest BCUT2D eigenvalue weighted by Gasteiger charge is 2.44. The molecule has 0 N–H and O–H groups in total. The molecular formula is C22H30N2O3. The van der Waals surface area contributed by atoms with E-state index in [9.17, 15) is 9.59 Å². The van der Waals surface area contributed by atoms with E-state index in [1.807, 2.05) is 30.9 Å². The first kappa shape index (κ1) is 18.5. The van der Waals surface area contributed by atoms with Crippen molar-refractivity contribution in [2.45, 2.75) is 64.5 Å². The standard InChI is InChI=1S/C22H30N2O3/c1-15-6-7-18-19(25)14-22(27-20(18)16(15)2)8-12-23(13-9-22)17(3)21(26)24-10-4-5-11-24/h6-7,17H,4-5,8-14H2,1-3H3/t17-/m0/s1. The number of fused-ring (bicyclic) bond motifs is 1. The SMILES string of the molecule is Cc1ccc2c(c1C)OC1(CCN([C@@H](C)C(=O)N3CCCC3)CC1)CC2=O. The van der Waals surface area contributed by atoms with E-state index in [2.05, 4.69) is 11.8 Å². The Morgan fingerprint density at radius 3 is 2.44 bits per heavy atom. The summed E-state index contributed by atoms with van der Waals surface area (Å²) in [5, 5.41) is 0. The maximum absolute atomic E-state index is 12.8. The fourth-order valence-corrected chi connectivity index (χ4v) is 4.74. The van der Waals surface area contributed by atoms with Gasteiger partial charge in [0, 0.05) is 39.0 Å². The molecule has 4 rings (SSSR count). The molecule has 5 nitrogen and oxygen atoms in total. The van der Waals surface area contributed by atoms with Crippen LogP contribution in [0.1, 0.15) is 60.5 Å². The third kappa shape index (κ3) is 3.27. The molecule has 3 aliphatic heterocycles. The lowest BCUT2D eigenvalue weighted by Crippen LogP contribution is -2.55. The Labute approximate surface area is 161 Å². The molecule has 3 heterocycles. The van der Waals surface area contributed by atoms with Gasteiger partial charge in [0.05, 0.1) is 18.0 Å². The largest absolute Gasteiger partial charge is 0.486 e. The predicted octanol–water partition coefficient (Wildman–Crippen LogP) is 3.11. The van der Waals surface area contributed by atoms with Crippen LogP contribution in [-0.2, 0) is 4.79 Å². The number of amides is 1. The second-order valence-electron chi connectivity index (χ2n) is 8.51. The Kier molecular flexibility index (Phi) is 4.75. The zero-order valence-corrected chi connectivity index (χ0v) is 16.7. The minimum atomic E-state index is -0.407. The van der Waals surface area contributed by atoms with Crippen LogP contribution in [0.3, 0.4) is 0 Å². The maximum Gasteiger partial charge on any atom is 0.239 e. The Morgan fingerprint density at radius 2 is 1.78 bits per heavy atom. The average Bonchev–Trinajstić information content (AvgIpc) is 3.19. The Balaban J connectivity index is 1.46. The summed E-state index contributed by atoms with van der Waals surface area (Å²) >= 11 is 0. The number of benzene rings is 1. The maximum atomic E-state index is 12.8. The molecule has 1 spiro atoms. The zero-order valence-electron chi connectivity index (χ0n) is 16.7. The number of nitrogens with zero attached hydrogens (tertiary/aromatic N) is 2. The second kappa shape index (κ2) is 6.93. The third-order valence-electron chi connectivity index (χ3n) is 6.81. The van der Waals surface area contributed by atoms with Crippen LogP contribution in [0.5, 0.6) is 5.75 Å². The Morgan fingerprint density at radius 1 is 1.11 bits per heavy atom. The second-order valence-corrected chi connectivity index (χ2v) is 8.51. The molecule has 0 bridgehead atoms. The molecule has 0 aromatic heterocycles. The van der Waals surface area contributed by atoms with E-state index in [0.29, 0.717) is 6.42 Å². The molecular weight excluding hydrogens is 340 g/mol. The fourth-order valence-electron chi connectivity index (χ4n) is 4.74. The minimum absolute atomic E-state index is 0.0870. The van der Waals surface area contributed by atoms with Crippen LogP contribution in [-0.4, -0.2) is 59.3 Å². The number of aryl methyl sites for hydroxylation is 1. The molecule has 1 aromatic rings. The van der Waals surface area contributed by atoms with E-state index in [1.54, 1.807) is 0 Å². The van der Waals surface area contributed by atoms with Crippen molar-refractivity contribution in [1.82, 2.24) is 9.80 Å². The molecule has 146 valence electrons. The lowest BCUT2D eigenvalue weighted by Gasteiger charge is -2.45. The summed E-state index contributed by atoms with van der Waals surface area (Å²) < 4.78 is 6.49. The summed E-state index contributed by atoms with van der Waals surface area (Å²) in [6.07, 6.45) is 4.28. The molecule has 2 fully saturated rings. The number of hydrogen-bond acceptors (Lipinski definition) is 4. The van der Waals surface area contributed by atoms with E-state index < -0.39 is 5.60 Å². The number of likely N-dealkylation sites (tertiary alicyclic amines) is 2. The molecule has 1 atom stereocenters. The van der Waals surface area contributed by atoms with Gasteiger partial charge in [-0.25, -0.2) is 0 Å². The van der Waals surface area contributed by atoms with Crippen LogP contribution in [0.15, 0.2) is 12.1 Å². The van der Waals surface area contributed by atoms with Crippen LogP contribution >= 0.6 is 0 Å².